The molecule has 6 bridgehead atoms. The first-order valence-corrected chi connectivity index (χ1v) is 32.9. The second-order valence-electron chi connectivity index (χ2n) is 10.6. The molecule has 6 aromatic rings. The van der Waals surface area contributed by atoms with Crippen molar-refractivity contribution in [3.8, 4) is 0 Å². The summed E-state index contributed by atoms with van der Waals surface area (Å²) in [5.41, 5.74) is 5.63. The Morgan fingerprint density at radius 2 is 0.744 bits per heavy atom. The van der Waals surface area contributed by atoms with Crippen LogP contribution in [0.4, 0.5) is 11.6 Å². The molecule has 0 unspecified atom stereocenters. The van der Waals surface area contributed by atoms with Gasteiger partial charge in [-0.2, -0.15) is 0 Å². The third kappa shape index (κ3) is 3.31. The van der Waals surface area contributed by atoms with E-state index in [-0.39, 0.29) is 0 Å². The number of fused-ring (bicyclic) bond motifs is 14. The van der Waals surface area contributed by atoms with Crippen molar-refractivity contribution >= 4 is 105 Å². The van der Waals surface area contributed by atoms with Gasteiger partial charge in [-0.15, -0.1) is 0 Å². The van der Waals surface area contributed by atoms with Gasteiger partial charge in [0.1, 0.15) is 0 Å². The minimum absolute atomic E-state index is 0.667. The zero-order chi connectivity index (χ0) is 28.4. The van der Waals surface area contributed by atoms with E-state index < -0.39 is 11.0 Å². The van der Waals surface area contributed by atoms with Crippen molar-refractivity contribution in [2.75, 3.05) is 0 Å². The number of amidine groups is 4. The fraction of sp³-hybridized carbons (Fsp3) is 0. The van der Waals surface area contributed by atoms with Gasteiger partial charge in [-0.1, -0.05) is 0 Å². The van der Waals surface area contributed by atoms with Crippen molar-refractivity contribution in [3.05, 3.63) is 130 Å². The van der Waals surface area contributed by atoms with Gasteiger partial charge in [-0.25, -0.2) is 0 Å². The predicted molar refractivity (Wildman–Crippen MR) is 189 cm³/mol. The van der Waals surface area contributed by atoms with Gasteiger partial charge in [0.15, 0.2) is 0 Å². The quantitative estimate of drug-likeness (QED) is 0.128. The first-order valence-electron chi connectivity index (χ1n) is 13.7. The van der Waals surface area contributed by atoms with Crippen LogP contribution in [0.25, 0.3) is 21.5 Å². The molecule has 8 nitrogen and oxygen atoms in total. The monoisotopic (exact) mass is 886 g/mol. The Bertz CT molecular complexity index is 2390. The SMILES string of the molecule is [I][Sn]1([I])[n]2c3c4ccccc4c2N=C2N=C(N=c4c5ccccc5c([n]41)=NC1=NC(=N3)c3ccccc31)c1ccccc12. The molecule has 0 fully saturated rings. The Morgan fingerprint density at radius 3 is 1.16 bits per heavy atom. The average molecular weight is 885 g/mol. The van der Waals surface area contributed by atoms with Gasteiger partial charge in [0.2, 0.25) is 0 Å². The average Bonchev–Trinajstić information content (AvgIpc) is 3.74. The summed E-state index contributed by atoms with van der Waals surface area (Å²) in [6.07, 6.45) is 0. The maximum absolute atomic E-state index is 5.36. The van der Waals surface area contributed by atoms with Crippen molar-refractivity contribution in [3.63, 3.8) is 0 Å². The van der Waals surface area contributed by atoms with Crippen LogP contribution in [-0.2, 0) is 0 Å². The first-order chi connectivity index (χ1) is 21.1. The molecule has 0 saturated carbocycles. The summed E-state index contributed by atoms with van der Waals surface area (Å²) in [5.74, 6) is 4.39. The molecular weight excluding hydrogens is 869 g/mol. The van der Waals surface area contributed by atoms with E-state index in [2.05, 4.69) is 116 Å². The summed E-state index contributed by atoms with van der Waals surface area (Å²) < 4.78 is 4.81. The van der Waals surface area contributed by atoms with Crippen molar-refractivity contribution in [2.45, 2.75) is 0 Å². The number of aliphatic imine (C=N–C) groups is 4. The molecule has 4 aliphatic heterocycles. The minimum atomic E-state index is -3.91. The van der Waals surface area contributed by atoms with Crippen LogP contribution in [0.5, 0.6) is 0 Å². The molecule has 6 heterocycles. The Labute approximate surface area is 268 Å². The Morgan fingerprint density at radius 1 is 0.395 bits per heavy atom. The molecule has 0 radical (unpaired) electrons. The zero-order valence-corrected chi connectivity index (χ0v) is 29.2. The number of aromatic nitrogens is 2. The van der Waals surface area contributed by atoms with E-state index in [4.69, 9.17) is 30.0 Å². The summed E-state index contributed by atoms with van der Waals surface area (Å²) in [6, 6.07) is 33.3. The molecule has 43 heavy (non-hydrogen) atoms. The normalized spacial score (nSPS) is 16.8. The van der Waals surface area contributed by atoms with Crippen LogP contribution in [0.2, 0.25) is 0 Å². The van der Waals surface area contributed by atoms with Crippen LogP contribution >= 0.6 is 37.3 Å². The molecule has 0 N–H and O–H groups in total. The molecule has 11 heteroatoms. The molecule has 0 spiro atoms. The molecule has 202 valence electrons. The van der Waals surface area contributed by atoms with Crippen molar-refractivity contribution in [2.24, 2.45) is 30.0 Å². The summed E-state index contributed by atoms with van der Waals surface area (Å²) in [6.45, 7) is 0. The molecule has 2 aromatic heterocycles. The Hall–Kier alpha value is -3.50. The van der Waals surface area contributed by atoms with E-state index >= 15 is 0 Å². The molecule has 4 aromatic carbocycles. The number of nitrogens with zero attached hydrogens (tertiary/aromatic N) is 8. The molecule has 0 saturated heterocycles. The van der Waals surface area contributed by atoms with Crippen LogP contribution in [0.3, 0.4) is 0 Å². The molecule has 0 atom stereocenters. The molecular formula is C32H16I2N8Sn. The van der Waals surface area contributed by atoms with Crippen LogP contribution in [0, 0.1) is 0 Å². The van der Waals surface area contributed by atoms with Gasteiger partial charge < -0.3 is 0 Å². The number of hydrogen-bond donors (Lipinski definition) is 0. The third-order valence-corrected chi connectivity index (χ3v) is 26.7. The third-order valence-electron chi connectivity index (χ3n) is 8.29. The fourth-order valence-electron chi connectivity index (χ4n) is 6.41. The van der Waals surface area contributed by atoms with Crippen LogP contribution in [0.1, 0.15) is 22.3 Å². The molecule has 4 aliphatic rings. The van der Waals surface area contributed by atoms with Gasteiger partial charge in [0.05, 0.1) is 0 Å². The van der Waals surface area contributed by atoms with Gasteiger partial charge >= 0.3 is 271 Å². The standard InChI is InChI=1S/C32H16N8.2HI.Sn/c1-2-10-18-17(9-1)25-33-26(18)38-28-21-13-5-6-14-22(21)30(35-28)40-32-24-16-8-7-15-23(24)31(36-32)39-29-20-12-4-3-11-19(20)27(34-29)37-25;;;/h1-16H;2*1H;/q-2;;;+4/p-2. The topological polar surface area (TPSA) is 84.0 Å². The van der Waals surface area contributed by atoms with Crippen LogP contribution in [-0.4, -0.2) is 39.9 Å². The summed E-state index contributed by atoms with van der Waals surface area (Å²) in [4.78, 5) is 31.6. The van der Waals surface area contributed by atoms with Gasteiger partial charge in [0, 0.05) is 0 Å². The summed E-state index contributed by atoms with van der Waals surface area (Å²) in [5, 5.41) is 4.14. The van der Waals surface area contributed by atoms with E-state index in [1.165, 1.54) is 0 Å². The van der Waals surface area contributed by atoms with E-state index in [0.717, 1.165) is 66.4 Å². The van der Waals surface area contributed by atoms with Gasteiger partial charge in [-0.3, -0.25) is 0 Å². The Balaban J connectivity index is 1.53. The van der Waals surface area contributed by atoms with Crippen molar-refractivity contribution < 1.29 is 0 Å². The van der Waals surface area contributed by atoms with Crippen LogP contribution in [0.15, 0.2) is 127 Å². The predicted octanol–water partition coefficient (Wildman–Crippen LogP) is 6.24. The summed E-state index contributed by atoms with van der Waals surface area (Å²) >= 11 is 5.41. The van der Waals surface area contributed by atoms with E-state index in [1.807, 2.05) is 24.3 Å². The maximum atomic E-state index is 5.36. The molecule has 10 rings (SSSR count). The first kappa shape index (κ1) is 24.9. The second kappa shape index (κ2) is 8.79. The van der Waals surface area contributed by atoms with E-state index in [0.29, 0.717) is 23.3 Å². The fourth-order valence-corrected chi connectivity index (χ4v) is 24.1. The number of benzene rings is 4. The molecule has 0 amide bonds. The summed E-state index contributed by atoms with van der Waals surface area (Å²) in [7, 11) is -3.91. The van der Waals surface area contributed by atoms with Crippen molar-refractivity contribution in [1.82, 2.24) is 5.58 Å². The Kier molecular flexibility index (Phi) is 5.09. The van der Waals surface area contributed by atoms with Crippen LogP contribution < -0.4 is 11.0 Å². The van der Waals surface area contributed by atoms with E-state index in [9.17, 15) is 0 Å². The number of rotatable bonds is 0. The second-order valence-corrected chi connectivity index (χ2v) is 50.1. The van der Waals surface area contributed by atoms with Gasteiger partial charge in [-0.05, 0) is 0 Å². The zero-order valence-electron chi connectivity index (χ0n) is 22.1. The number of hydrogen-bond acceptors (Lipinski definition) is 6. The molecule has 0 aliphatic carbocycles. The van der Waals surface area contributed by atoms with Gasteiger partial charge in [0.25, 0.3) is 0 Å². The van der Waals surface area contributed by atoms with Crippen molar-refractivity contribution in [1.29, 1.82) is 0 Å². The number of halogens is 2. The van der Waals surface area contributed by atoms with E-state index in [1.54, 1.807) is 0 Å².